The van der Waals surface area contributed by atoms with Crippen LogP contribution in [0.15, 0.2) is 57.1 Å². The average molecular weight is 360 g/mol. The highest BCUT2D eigenvalue weighted by molar-refractivity contribution is 7.99. The quantitative estimate of drug-likeness (QED) is 0.678. The molecule has 124 valence electrons. The maximum atomic E-state index is 12.1. The molecule has 1 aromatic carbocycles. The predicted molar refractivity (Wildman–Crippen MR) is 96.3 cm³/mol. The van der Waals surface area contributed by atoms with E-state index in [9.17, 15) is 4.79 Å². The van der Waals surface area contributed by atoms with E-state index in [1.54, 1.807) is 24.1 Å². The highest BCUT2D eigenvalue weighted by Crippen LogP contribution is 2.23. The van der Waals surface area contributed by atoms with E-state index < -0.39 is 0 Å². The minimum absolute atomic E-state index is 0.0826. The summed E-state index contributed by atoms with van der Waals surface area (Å²) in [4.78, 5) is 13.2. The molecule has 0 fully saturated rings. The number of amides is 1. The van der Waals surface area contributed by atoms with Crippen molar-refractivity contribution in [3.8, 4) is 11.6 Å². The number of hydrogen-bond acceptors (Lipinski definition) is 6. The van der Waals surface area contributed by atoms with Crippen LogP contribution >= 0.6 is 23.5 Å². The molecule has 0 aliphatic heterocycles. The number of carbonyl (C=O) groups excluding carboxylic acids is 1. The molecule has 2 aromatic heterocycles. The first-order valence-electron chi connectivity index (χ1n) is 7.17. The van der Waals surface area contributed by atoms with Gasteiger partial charge in [-0.3, -0.25) is 4.79 Å². The lowest BCUT2D eigenvalue weighted by atomic mass is 10.3. The maximum absolute atomic E-state index is 12.1. The SMILES string of the molecule is CSc1cccc(NC(=O)CSc2nnc(-c3ccco3)n2C)c1. The van der Waals surface area contributed by atoms with Crippen molar-refractivity contribution in [2.75, 3.05) is 17.3 Å². The molecular weight excluding hydrogens is 344 g/mol. The van der Waals surface area contributed by atoms with Gasteiger partial charge in [0.15, 0.2) is 16.7 Å². The van der Waals surface area contributed by atoms with Crippen LogP contribution in [-0.4, -0.2) is 32.7 Å². The fourth-order valence-corrected chi connectivity index (χ4v) is 3.26. The molecule has 0 aliphatic rings. The number of furan rings is 1. The minimum Gasteiger partial charge on any atom is -0.461 e. The summed E-state index contributed by atoms with van der Waals surface area (Å²) < 4.78 is 7.14. The second kappa shape index (κ2) is 7.59. The normalized spacial score (nSPS) is 10.8. The van der Waals surface area contributed by atoms with Crippen LogP contribution in [0.1, 0.15) is 0 Å². The maximum Gasteiger partial charge on any atom is 0.234 e. The Bertz CT molecular complexity index is 830. The molecule has 1 N–H and O–H groups in total. The third-order valence-corrected chi connectivity index (χ3v) is 5.01. The molecule has 0 aliphatic carbocycles. The molecule has 0 saturated heterocycles. The van der Waals surface area contributed by atoms with Gasteiger partial charge in [-0.1, -0.05) is 17.8 Å². The Kier molecular flexibility index (Phi) is 5.27. The molecule has 0 unspecified atom stereocenters. The second-order valence-corrected chi connectivity index (χ2v) is 6.73. The summed E-state index contributed by atoms with van der Waals surface area (Å²) in [6.07, 6.45) is 3.59. The number of thioether (sulfide) groups is 2. The summed E-state index contributed by atoms with van der Waals surface area (Å²) >= 11 is 2.97. The summed E-state index contributed by atoms with van der Waals surface area (Å²) in [7, 11) is 1.85. The van der Waals surface area contributed by atoms with Gasteiger partial charge in [0, 0.05) is 17.6 Å². The van der Waals surface area contributed by atoms with E-state index in [2.05, 4.69) is 15.5 Å². The van der Waals surface area contributed by atoms with Gasteiger partial charge in [-0.05, 0) is 36.6 Å². The van der Waals surface area contributed by atoms with Crippen LogP contribution in [-0.2, 0) is 11.8 Å². The zero-order valence-corrected chi connectivity index (χ0v) is 14.9. The van der Waals surface area contributed by atoms with Crippen molar-refractivity contribution in [3.63, 3.8) is 0 Å². The Labute approximate surface area is 148 Å². The molecular formula is C16H16N4O2S2. The van der Waals surface area contributed by atoms with E-state index in [-0.39, 0.29) is 11.7 Å². The summed E-state index contributed by atoms with van der Waals surface area (Å²) in [6, 6.07) is 11.4. The number of rotatable bonds is 6. The standard InChI is InChI=1S/C16H16N4O2S2/c1-20-15(13-7-4-8-22-13)18-19-16(20)24-10-14(21)17-11-5-3-6-12(9-11)23-2/h3-9H,10H2,1-2H3,(H,17,21). The van der Waals surface area contributed by atoms with Gasteiger partial charge in [0.1, 0.15) is 0 Å². The van der Waals surface area contributed by atoms with Crippen molar-refractivity contribution >= 4 is 35.1 Å². The topological polar surface area (TPSA) is 73.0 Å². The average Bonchev–Trinajstić information content (AvgIpc) is 3.23. The van der Waals surface area contributed by atoms with Gasteiger partial charge in [-0.2, -0.15) is 0 Å². The summed E-state index contributed by atoms with van der Waals surface area (Å²) in [5, 5.41) is 11.8. The largest absolute Gasteiger partial charge is 0.461 e. The van der Waals surface area contributed by atoms with Crippen LogP contribution in [0.3, 0.4) is 0 Å². The van der Waals surface area contributed by atoms with Crippen LogP contribution in [0.25, 0.3) is 11.6 Å². The lowest BCUT2D eigenvalue weighted by Crippen LogP contribution is -2.14. The lowest BCUT2D eigenvalue weighted by molar-refractivity contribution is -0.113. The molecule has 2 heterocycles. The van der Waals surface area contributed by atoms with Crippen molar-refractivity contribution in [1.29, 1.82) is 0 Å². The number of hydrogen-bond donors (Lipinski definition) is 1. The van der Waals surface area contributed by atoms with Crippen LogP contribution in [0.2, 0.25) is 0 Å². The van der Waals surface area contributed by atoms with E-state index in [0.29, 0.717) is 16.7 Å². The minimum atomic E-state index is -0.0826. The number of nitrogens with one attached hydrogen (secondary N) is 1. The predicted octanol–water partition coefficient (Wildman–Crippen LogP) is 3.53. The van der Waals surface area contributed by atoms with Crippen LogP contribution in [0, 0.1) is 0 Å². The molecule has 0 radical (unpaired) electrons. The number of carbonyl (C=O) groups is 1. The Hall–Kier alpha value is -2.19. The number of aromatic nitrogens is 3. The smallest absolute Gasteiger partial charge is 0.234 e. The van der Waals surface area contributed by atoms with Crippen molar-refractivity contribution in [1.82, 2.24) is 14.8 Å². The van der Waals surface area contributed by atoms with Gasteiger partial charge in [-0.25, -0.2) is 0 Å². The van der Waals surface area contributed by atoms with Gasteiger partial charge in [0.2, 0.25) is 5.91 Å². The van der Waals surface area contributed by atoms with Crippen molar-refractivity contribution < 1.29 is 9.21 Å². The second-order valence-electron chi connectivity index (χ2n) is 4.91. The first-order chi connectivity index (χ1) is 11.7. The molecule has 1 amide bonds. The molecule has 6 nitrogen and oxygen atoms in total. The Balaban J connectivity index is 1.60. The Morgan fingerprint density at radius 2 is 2.17 bits per heavy atom. The van der Waals surface area contributed by atoms with Gasteiger partial charge in [0.25, 0.3) is 0 Å². The van der Waals surface area contributed by atoms with Crippen molar-refractivity contribution in [2.45, 2.75) is 10.1 Å². The molecule has 0 saturated carbocycles. The molecule has 0 spiro atoms. The third kappa shape index (κ3) is 3.82. The number of nitrogens with zero attached hydrogens (tertiary/aromatic N) is 3. The first kappa shape index (κ1) is 16.7. The molecule has 0 bridgehead atoms. The fraction of sp³-hybridized carbons (Fsp3) is 0.188. The zero-order valence-electron chi connectivity index (χ0n) is 13.2. The fourth-order valence-electron chi connectivity index (χ4n) is 2.09. The van der Waals surface area contributed by atoms with E-state index in [1.807, 2.05) is 48.2 Å². The van der Waals surface area contributed by atoms with Gasteiger partial charge in [0.05, 0.1) is 12.0 Å². The summed E-state index contributed by atoms with van der Waals surface area (Å²) in [5.41, 5.74) is 0.793. The zero-order chi connectivity index (χ0) is 16.9. The Morgan fingerprint density at radius 1 is 1.29 bits per heavy atom. The van der Waals surface area contributed by atoms with Gasteiger partial charge < -0.3 is 14.3 Å². The van der Waals surface area contributed by atoms with Gasteiger partial charge >= 0.3 is 0 Å². The monoisotopic (exact) mass is 360 g/mol. The molecule has 3 rings (SSSR count). The van der Waals surface area contributed by atoms with E-state index >= 15 is 0 Å². The Morgan fingerprint density at radius 3 is 2.92 bits per heavy atom. The number of anilines is 1. The van der Waals surface area contributed by atoms with E-state index in [4.69, 9.17) is 4.42 Å². The van der Waals surface area contributed by atoms with Crippen LogP contribution < -0.4 is 5.32 Å². The summed E-state index contributed by atoms with van der Waals surface area (Å²) in [6.45, 7) is 0. The van der Waals surface area contributed by atoms with E-state index in [1.165, 1.54) is 11.8 Å². The van der Waals surface area contributed by atoms with Crippen molar-refractivity contribution in [3.05, 3.63) is 42.7 Å². The van der Waals surface area contributed by atoms with Gasteiger partial charge in [-0.15, -0.1) is 22.0 Å². The first-order valence-corrected chi connectivity index (χ1v) is 9.38. The highest BCUT2D eigenvalue weighted by atomic mass is 32.2. The number of benzene rings is 1. The molecule has 24 heavy (non-hydrogen) atoms. The van der Waals surface area contributed by atoms with Crippen LogP contribution in [0.4, 0.5) is 5.69 Å². The van der Waals surface area contributed by atoms with Crippen LogP contribution in [0.5, 0.6) is 0 Å². The lowest BCUT2D eigenvalue weighted by Gasteiger charge is -2.06. The summed E-state index contributed by atoms with van der Waals surface area (Å²) in [5.74, 6) is 1.46. The van der Waals surface area contributed by atoms with Crippen molar-refractivity contribution in [2.24, 2.45) is 7.05 Å². The third-order valence-electron chi connectivity index (χ3n) is 3.26. The molecule has 0 atom stereocenters. The molecule has 8 heteroatoms. The molecule has 3 aromatic rings. The van der Waals surface area contributed by atoms with E-state index in [0.717, 1.165) is 10.6 Å². The highest BCUT2D eigenvalue weighted by Gasteiger charge is 2.14.